The number of carbonyl (C=O) groups excluding carboxylic acids is 3. The van der Waals surface area contributed by atoms with Crippen molar-refractivity contribution in [1.29, 1.82) is 0 Å². The number of aryl methyl sites for hydroxylation is 1. The lowest BCUT2D eigenvalue weighted by atomic mass is 10.1. The van der Waals surface area contributed by atoms with Gasteiger partial charge in [0.2, 0.25) is 5.91 Å². The van der Waals surface area contributed by atoms with E-state index in [-0.39, 0.29) is 25.5 Å². The molecule has 2 aromatic rings. The molecule has 1 aliphatic rings. The van der Waals surface area contributed by atoms with Gasteiger partial charge < -0.3 is 19.7 Å². The molecule has 2 aromatic carbocycles. The van der Waals surface area contributed by atoms with Crippen LogP contribution in [0.2, 0.25) is 0 Å². The molecule has 0 bridgehead atoms. The lowest BCUT2D eigenvalue weighted by Gasteiger charge is -2.17. The Bertz CT molecular complexity index is 893. The second-order valence-electron chi connectivity index (χ2n) is 7.04. The first kappa shape index (κ1) is 21.4. The normalized spacial score (nSPS) is 15.7. The van der Waals surface area contributed by atoms with Crippen molar-refractivity contribution >= 4 is 29.2 Å². The Labute approximate surface area is 176 Å². The van der Waals surface area contributed by atoms with Gasteiger partial charge in [-0.1, -0.05) is 19.1 Å². The Morgan fingerprint density at radius 1 is 1.07 bits per heavy atom. The Morgan fingerprint density at radius 3 is 2.40 bits per heavy atom. The van der Waals surface area contributed by atoms with E-state index in [0.717, 1.165) is 12.2 Å². The second-order valence-corrected chi connectivity index (χ2v) is 7.04. The summed E-state index contributed by atoms with van der Waals surface area (Å²) in [7, 11) is 0. The molecule has 0 aliphatic carbocycles. The van der Waals surface area contributed by atoms with Crippen molar-refractivity contribution in [3.8, 4) is 5.75 Å². The molecule has 0 radical (unpaired) electrons. The van der Waals surface area contributed by atoms with Gasteiger partial charge in [-0.15, -0.1) is 0 Å². The van der Waals surface area contributed by atoms with Crippen LogP contribution in [0.25, 0.3) is 0 Å². The molecular formula is C23H26N2O5. The minimum Gasteiger partial charge on any atom is -0.494 e. The van der Waals surface area contributed by atoms with Gasteiger partial charge in [0.25, 0.3) is 5.91 Å². The zero-order valence-electron chi connectivity index (χ0n) is 17.2. The van der Waals surface area contributed by atoms with E-state index < -0.39 is 17.8 Å². The van der Waals surface area contributed by atoms with Crippen molar-refractivity contribution in [3.63, 3.8) is 0 Å². The van der Waals surface area contributed by atoms with E-state index in [0.29, 0.717) is 18.0 Å². The highest BCUT2D eigenvalue weighted by Crippen LogP contribution is 2.27. The van der Waals surface area contributed by atoms with Crippen LogP contribution < -0.4 is 15.0 Å². The number of carbonyl (C=O) groups is 3. The summed E-state index contributed by atoms with van der Waals surface area (Å²) < 4.78 is 10.5. The molecule has 1 saturated heterocycles. The summed E-state index contributed by atoms with van der Waals surface area (Å²) >= 11 is 0. The highest BCUT2D eigenvalue weighted by Gasteiger charge is 2.36. The number of nitrogens with one attached hydrogen (secondary N) is 1. The third kappa shape index (κ3) is 5.37. The number of anilines is 2. The minimum atomic E-state index is -0.597. The van der Waals surface area contributed by atoms with Crippen LogP contribution in [0.3, 0.4) is 0 Å². The van der Waals surface area contributed by atoms with Crippen molar-refractivity contribution < 1.29 is 23.9 Å². The maximum atomic E-state index is 12.3. The van der Waals surface area contributed by atoms with Gasteiger partial charge in [-0.25, -0.2) is 0 Å². The number of esters is 1. The highest BCUT2D eigenvalue weighted by atomic mass is 16.5. The Kier molecular flexibility index (Phi) is 7.06. The number of benzene rings is 2. The van der Waals surface area contributed by atoms with E-state index in [1.165, 1.54) is 5.56 Å². The lowest BCUT2D eigenvalue weighted by molar-refractivity contribution is -0.151. The topological polar surface area (TPSA) is 84.9 Å². The summed E-state index contributed by atoms with van der Waals surface area (Å²) in [6, 6.07) is 14.6. The number of amides is 2. The quantitative estimate of drug-likeness (QED) is 0.676. The summed E-state index contributed by atoms with van der Waals surface area (Å²) in [5.41, 5.74) is 2.51. The van der Waals surface area contributed by atoms with Gasteiger partial charge in [-0.05, 0) is 55.3 Å². The maximum Gasteiger partial charge on any atom is 0.311 e. The zero-order chi connectivity index (χ0) is 21.5. The van der Waals surface area contributed by atoms with Crippen LogP contribution in [0.5, 0.6) is 5.75 Å². The third-order valence-corrected chi connectivity index (χ3v) is 4.91. The van der Waals surface area contributed by atoms with Crippen LogP contribution in [-0.2, 0) is 25.5 Å². The Hall–Kier alpha value is -3.35. The average Bonchev–Trinajstić information content (AvgIpc) is 3.15. The predicted octanol–water partition coefficient (Wildman–Crippen LogP) is 3.18. The van der Waals surface area contributed by atoms with Gasteiger partial charge in [-0.2, -0.15) is 0 Å². The molecule has 1 fully saturated rings. The van der Waals surface area contributed by atoms with Gasteiger partial charge in [0.15, 0.2) is 6.61 Å². The van der Waals surface area contributed by atoms with E-state index >= 15 is 0 Å². The van der Waals surface area contributed by atoms with E-state index in [4.69, 9.17) is 9.47 Å². The summed E-state index contributed by atoms with van der Waals surface area (Å²) in [6.45, 7) is 4.36. The van der Waals surface area contributed by atoms with Gasteiger partial charge in [0.05, 0.1) is 12.5 Å². The largest absolute Gasteiger partial charge is 0.494 e. The molecule has 7 nitrogen and oxygen atoms in total. The van der Waals surface area contributed by atoms with Crippen LogP contribution >= 0.6 is 0 Å². The molecule has 158 valence electrons. The van der Waals surface area contributed by atoms with Crippen molar-refractivity contribution in [1.82, 2.24) is 0 Å². The van der Waals surface area contributed by atoms with E-state index in [9.17, 15) is 14.4 Å². The van der Waals surface area contributed by atoms with Crippen LogP contribution in [0.1, 0.15) is 25.8 Å². The number of hydrogen-bond donors (Lipinski definition) is 1. The number of ether oxygens (including phenoxy) is 2. The molecule has 0 unspecified atom stereocenters. The van der Waals surface area contributed by atoms with Gasteiger partial charge in [0.1, 0.15) is 5.75 Å². The molecule has 1 aliphatic heterocycles. The molecule has 0 aromatic heterocycles. The molecule has 1 heterocycles. The molecule has 7 heteroatoms. The standard InChI is InChI=1S/C23H26N2O5/c1-3-16-5-7-18(8-6-16)24-21(26)15-30-23(28)17-13-22(27)25(14-17)19-9-11-20(12-10-19)29-4-2/h5-12,17H,3-4,13-15H2,1-2H3,(H,24,26)/t17-/m1/s1. The summed E-state index contributed by atoms with van der Waals surface area (Å²) in [5.74, 6) is -0.991. The van der Waals surface area contributed by atoms with Crippen molar-refractivity contribution in [2.75, 3.05) is 30.0 Å². The molecule has 3 rings (SSSR count). The Morgan fingerprint density at radius 2 is 1.77 bits per heavy atom. The minimum absolute atomic E-state index is 0.0617. The van der Waals surface area contributed by atoms with E-state index in [2.05, 4.69) is 12.2 Å². The number of nitrogens with zero attached hydrogens (tertiary/aromatic N) is 1. The van der Waals surface area contributed by atoms with Crippen LogP contribution in [0, 0.1) is 5.92 Å². The maximum absolute atomic E-state index is 12.3. The number of hydrogen-bond acceptors (Lipinski definition) is 5. The van der Waals surface area contributed by atoms with Crippen molar-refractivity contribution in [2.24, 2.45) is 5.92 Å². The van der Waals surface area contributed by atoms with Crippen molar-refractivity contribution in [3.05, 3.63) is 54.1 Å². The number of rotatable bonds is 8. The fraction of sp³-hybridized carbons (Fsp3) is 0.348. The SMILES string of the molecule is CCOc1ccc(N2C[C@H](C(=O)OCC(=O)Nc3ccc(CC)cc3)CC2=O)cc1. The fourth-order valence-electron chi connectivity index (χ4n) is 3.28. The molecule has 2 amide bonds. The smallest absolute Gasteiger partial charge is 0.311 e. The van der Waals surface area contributed by atoms with Crippen molar-refractivity contribution in [2.45, 2.75) is 26.7 Å². The fourth-order valence-corrected chi connectivity index (χ4v) is 3.28. The molecule has 0 spiro atoms. The molecule has 0 saturated carbocycles. The first-order valence-corrected chi connectivity index (χ1v) is 10.1. The van der Waals surface area contributed by atoms with Gasteiger partial charge in [0, 0.05) is 24.3 Å². The average molecular weight is 410 g/mol. The predicted molar refractivity (Wildman–Crippen MR) is 113 cm³/mol. The van der Waals surface area contributed by atoms with E-state index in [1.807, 2.05) is 31.2 Å². The lowest BCUT2D eigenvalue weighted by Crippen LogP contribution is -2.28. The van der Waals surface area contributed by atoms with Crippen LogP contribution in [-0.4, -0.2) is 37.5 Å². The monoisotopic (exact) mass is 410 g/mol. The van der Waals surface area contributed by atoms with Crippen LogP contribution in [0.15, 0.2) is 48.5 Å². The highest BCUT2D eigenvalue weighted by molar-refractivity contribution is 6.00. The van der Waals surface area contributed by atoms with Gasteiger partial charge >= 0.3 is 5.97 Å². The summed E-state index contributed by atoms with van der Waals surface area (Å²) in [6.07, 6.45) is 0.978. The molecular weight excluding hydrogens is 384 g/mol. The molecule has 1 atom stereocenters. The summed E-state index contributed by atoms with van der Waals surface area (Å²) in [4.78, 5) is 38.3. The zero-order valence-corrected chi connectivity index (χ0v) is 17.2. The third-order valence-electron chi connectivity index (χ3n) is 4.91. The molecule has 1 N–H and O–H groups in total. The summed E-state index contributed by atoms with van der Waals surface area (Å²) in [5, 5.41) is 2.69. The van der Waals surface area contributed by atoms with E-state index in [1.54, 1.807) is 29.2 Å². The van der Waals surface area contributed by atoms with Crippen LogP contribution in [0.4, 0.5) is 11.4 Å². The molecule has 30 heavy (non-hydrogen) atoms. The van der Waals surface area contributed by atoms with Gasteiger partial charge in [-0.3, -0.25) is 14.4 Å². The Balaban J connectivity index is 1.49. The second kappa shape index (κ2) is 9.91. The first-order chi connectivity index (χ1) is 14.5. The first-order valence-electron chi connectivity index (χ1n) is 10.1.